The number of benzene rings is 2. The monoisotopic (exact) mass is 267 g/mol. The lowest BCUT2D eigenvalue weighted by molar-refractivity contribution is 0.0722. The zero-order valence-corrected chi connectivity index (χ0v) is 11.5. The van der Waals surface area contributed by atoms with E-state index in [1.807, 2.05) is 66.4 Å². The van der Waals surface area contributed by atoms with Gasteiger partial charge >= 0.3 is 0 Å². The molecule has 102 valence electrons. The first-order chi connectivity index (χ1) is 9.79. The van der Waals surface area contributed by atoms with E-state index in [2.05, 4.69) is 0 Å². The Morgan fingerprint density at radius 3 is 2.55 bits per heavy atom. The predicted octanol–water partition coefficient (Wildman–Crippen LogP) is 3.28. The first-order valence-electron chi connectivity index (χ1n) is 6.89. The van der Waals surface area contributed by atoms with E-state index in [4.69, 9.17) is 4.74 Å². The van der Waals surface area contributed by atoms with Gasteiger partial charge in [-0.2, -0.15) is 0 Å². The number of ether oxygens (including phenoxy) is 1. The predicted molar refractivity (Wildman–Crippen MR) is 77.8 cm³/mol. The van der Waals surface area contributed by atoms with Crippen molar-refractivity contribution in [1.82, 2.24) is 4.90 Å². The number of likely N-dealkylation sites (N-methyl/N-ethyl adjacent to an activating group) is 1. The van der Waals surface area contributed by atoms with Crippen molar-refractivity contribution < 1.29 is 9.53 Å². The van der Waals surface area contributed by atoms with Crippen LogP contribution in [0.25, 0.3) is 0 Å². The lowest BCUT2D eigenvalue weighted by Crippen LogP contribution is -2.33. The van der Waals surface area contributed by atoms with Crippen LogP contribution in [0.5, 0.6) is 5.75 Å². The summed E-state index contributed by atoms with van der Waals surface area (Å²) in [5, 5.41) is 0. The van der Waals surface area contributed by atoms with Crippen LogP contribution in [-0.4, -0.2) is 23.9 Å². The summed E-state index contributed by atoms with van der Waals surface area (Å²) in [5.74, 6) is 0.712. The van der Waals surface area contributed by atoms with Crippen molar-refractivity contribution in [3.05, 3.63) is 65.7 Å². The minimum Gasteiger partial charge on any atom is -0.483 e. The Bertz CT molecular complexity index is 609. The molecule has 2 aromatic rings. The van der Waals surface area contributed by atoms with Crippen LogP contribution in [0.1, 0.15) is 28.9 Å². The van der Waals surface area contributed by atoms with Gasteiger partial charge in [-0.1, -0.05) is 42.5 Å². The van der Waals surface area contributed by atoms with Crippen LogP contribution in [-0.2, 0) is 0 Å². The summed E-state index contributed by atoms with van der Waals surface area (Å²) < 4.78 is 6.08. The Hall–Kier alpha value is -2.29. The van der Waals surface area contributed by atoms with Gasteiger partial charge < -0.3 is 9.64 Å². The number of para-hydroxylation sites is 1. The van der Waals surface area contributed by atoms with Crippen LogP contribution in [0, 0.1) is 0 Å². The minimum atomic E-state index is -0.122. The molecule has 0 N–H and O–H groups in total. The fourth-order valence-electron chi connectivity index (χ4n) is 2.50. The van der Waals surface area contributed by atoms with Crippen LogP contribution < -0.4 is 4.74 Å². The van der Waals surface area contributed by atoms with Crippen molar-refractivity contribution >= 4 is 5.91 Å². The molecule has 20 heavy (non-hydrogen) atoms. The van der Waals surface area contributed by atoms with Crippen LogP contribution in [0.15, 0.2) is 54.6 Å². The van der Waals surface area contributed by atoms with Crippen molar-refractivity contribution in [1.29, 1.82) is 0 Å². The number of amides is 1. The number of hydrogen-bond donors (Lipinski definition) is 0. The van der Waals surface area contributed by atoms with Crippen LogP contribution in [0.2, 0.25) is 0 Å². The Balaban J connectivity index is 2.02. The third-order valence-corrected chi connectivity index (χ3v) is 3.61. The molecule has 0 aliphatic carbocycles. The van der Waals surface area contributed by atoms with Gasteiger partial charge in [-0.05, 0) is 24.6 Å². The van der Waals surface area contributed by atoms with Gasteiger partial charge in [0.1, 0.15) is 11.9 Å². The highest BCUT2D eigenvalue weighted by Crippen LogP contribution is 2.30. The number of fused-ring (bicyclic) bond motifs is 1. The van der Waals surface area contributed by atoms with Gasteiger partial charge in [0.25, 0.3) is 5.91 Å². The molecule has 0 fully saturated rings. The molecule has 1 aliphatic rings. The quantitative estimate of drug-likeness (QED) is 0.835. The van der Waals surface area contributed by atoms with E-state index in [1.165, 1.54) is 0 Å². The van der Waals surface area contributed by atoms with Crippen LogP contribution in [0.4, 0.5) is 0 Å². The Morgan fingerprint density at radius 1 is 1.10 bits per heavy atom. The maximum atomic E-state index is 12.5. The summed E-state index contributed by atoms with van der Waals surface area (Å²) in [4.78, 5) is 14.3. The van der Waals surface area contributed by atoms with E-state index >= 15 is 0 Å². The highest BCUT2D eigenvalue weighted by Gasteiger charge is 2.28. The molecular formula is C17H17NO2. The average molecular weight is 267 g/mol. The first-order valence-corrected chi connectivity index (χ1v) is 6.89. The molecule has 0 spiro atoms. The Kier molecular flexibility index (Phi) is 3.42. The van der Waals surface area contributed by atoms with Gasteiger partial charge in [0.15, 0.2) is 0 Å². The summed E-state index contributed by atoms with van der Waals surface area (Å²) >= 11 is 0. The van der Waals surface area contributed by atoms with E-state index in [0.717, 1.165) is 5.56 Å². The summed E-state index contributed by atoms with van der Waals surface area (Å²) in [5.41, 5.74) is 1.74. The summed E-state index contributed by atoms with van der Waals surface area (Å²) in [7, 11) is 0. The molecule has 0 aromatic heterocycles. The molecule has 3 rings (SSSR count). The highest BCUT2D eigenvalue weighted by molar-refractivity contribution is 5.97. The van der Waals surface area contributed by atoms with Crippen molar-refractivity contribution in [2.24, 2.45) is 0 Å². The summed E-state index contributed by atoms with van der Waals surface area (Å²) in [6.45, 7) is 3.25. The Morgan fingerprint density at radius 2 is 1.80 bits per heavy atom. The second-order valence-electron chi connectivity index (χ2n) is 4.86. The maximum absolute atomic E-state index is 12.5. The molecule has 1 aliphatic heterocycles. The average Bonchev–Trinajstić information content (AvgIpc) is 2.65. The molecule has 1 atom stereocenters. The largest absolute Gasteiger partial charge is 0.483 e. The SMILES string of the molecule is CCN1CC(c2ccccc2)Oc2ccccc2C1=O. The molecule has 1 heterocycles. The Labute approximate surface area is 118 Å². The summed E-state index contributed by atoms with van der Waals surface area (Å²) in [6.07, 6.45) is -0.122. The third kappa shape index (κ3) is 2.27. The topological polar surface area (TPSA) is 29.5 Å². The number of rotatable bonds is 2. The van der Waals surface area contributed by atoms with Gasteiger partial charge in [-0.3, -0.25) is 4.79 Å². The zero-order valence-electron chi connectivity index (χ0n) is 11.5. The number of nitrogens with zero attached hydrogens (tertiary/aromatic N) is 1. The fraction of sp³-hybridized carbons (Fsp3) is 0.235. The van der Waals surface area contributed by atoms with E-state index in [1.54, 1.807) is 0 Å². The zero-order chi connectivity index (χ0) is 13.9. The molecular weight excluding hydrogens is 250 g/mol. The molecule has 1 amide bonds. The standard InChI is InChI=1S/C17H17NO2/c1-2-18-12-16(13-8-4-3-5-9-13)20-15-11-7-6-10-14(15)17(18)19/h3-11,16H,2,12H2,1H3. The molecule has 0 saturated heterocycles. The lowest BCUT2D eigenvalue weighted by Gasteiger charge is -2.23. The smallest absolute Gasteiger partial charge is 0.257 e. The van der Waals surface area contributed by atoms with Crippen molar-refractivity contribution in [3.63, 3.8) is 0 Å². The van der Waals surface area contributed by atoms with E-state index in [-0.39, 0.29) is 12.0 Å². The van der Waals surface area contributed by atoms with Gasteiger partial charge in [0, 0.05) is 6.54 Å². The second-order valence-corrected chi connectivity index (χ2v) is 4.86. The van der Waals surface area contributed by atoms with Crippen LogP contribution >= 0.6 is 0 Å². The molecule has 2 aromatic carbocycles. The first kappa shape index (κ1) is 12.7. The minimum absolute atomic E-state index is 0.0431. The van der Waals surface area contributed by atoms with Gasteiger partial charge in [0.2, 0.25) is 0 Å². The van der Waals surface area contributed by atoms with Gasteiger partial charge in [0.05, 0.1) is 12.1 Å². The van der Waals surface area contributed by atoms with E-state index < -0.39 is 0 Å². The number of carbonyl (C=O) groups excluding carboxylic acids is 1. The van der Waals surface area contributed by atoms with E-state index in [0.29, 0.717) is 24.4 Å². The van der Waals surface area contributed by atoms with Crippen molar-refractivity contribution in [2.75, 3.05) is 13.1 Å². The second kappa shape index (κ2) is 5.37. The maximum Gasteiger partial charge on any atom is 0.257 e. The van der Waals surface area contributed by atoms with Crippen LogP contribution in [0.3, 0.4) is 0 Å². The van der Waals surface area contributed by atoms with Crippen molar-refractivity contribution in [2.45, 2.75) is 13.0 Å². The van der Waals surface area contributed by atoms with Gasteiger partial charge in [-0.25, -0.2) is 0 Å². The number of hydrogen-bond acceptors (Lipinski definition) is 2. The summed E-state index contributed by atoms with van der Waals surface area (Å²) in [6, 6.07) is 17.5. The molecule has 1 unspecified atom stereocenters. The number of carbonyl (C=O) groups is 1. The molecule has 0 bridgehead atoms. The molecule has 3 heteroatoms. The molecule has 3 nitrogen and oxygen atoms in total. The van der Waals surface area contributed by atoms with Gasteiger partial charge in [-0.15, -0.1) is 0 Å². The molecule has 0 saturated carbocycles. The normalized spacial score (nSPS) is 18.1. The molecule has 0 radical (unpaired) electrons. The lowest BCUT2D eigenvalue weighted by atomic mass is 10.1. The third-order valence-electron chi connectivity index (χ3n) is 3.61. The van der Waals surface area contributed by atoms with Crippen molar-refractivity contribution in [3.8, 4) is 5.75 Å². The van der Waals surface area contributed by atoms with E-state index in [9.17, 15) is 4.79 Å². The highest BCUT2D eigenvalue weighted by atomic mass is 16.5. The fourth-order valence-corrected chi connectivity index (χ4v) is 2.50.